The maximum atomic E-state index is 5.97. The van der Waals surface area contributed by atoms with Crippen LogP contribution >= 0.6 is 43.5 Å². The zero-order valence-electron chi connectivity index (χ0n) is 9.81. The number of hydrogen-bond acceptors (Lipinski definition) is 1. The van der Waals surface area contributed by atoms with Gasteiger partial charge in [-0.05, 0) is 56.5 Å². The molecule has 1 nitrogen and oxygen atoms in total. The zero-order valence-corrected chi connectivity index (χ0v) is 13.7. The maximum Gasteiger partial charge on any atom is 0.0632 e. The summed E-state index contributed by atoms with van der Waals surface area (Å²) in [6, 6.07) is 12.2. The fraction of sp³-hybridized carbons (Fsp3) is 0.143. The molecule has 0 bridgehead atoms. The lowest BCUT2D eigenvalue weighted by Gasteiger charge is -2.11. The van der Waals surface area contributed by atoms with Gasteiger partial charge in [-0.1, -0.05) is 41.4 Å². The number of aryl methyl sites for hydroxylation is 1. The molecule has 0 saturated carbocycles. The molecule has 0 amide bonds. The first-order chi connectivity index (χ1) is 8.56. The maximum absolute atomic E-state index is 5.97. The number of anilines is 1. The highest BCUT2D eigenvalue weighted by molar-refractivity contribution is 9.11. The van der Waals surface area contributed by atoms with Crippen LogP contribution < -0.4 is 5.32 Å². The van der Waals surface area contributed by atoms with Gasteiger partial charge in [-0.2, -0.15) is 0 Å². The molecule has 0 spiro atoms. The second-order valence-corrected chi connectivity index (χ2v) is 6.23. The van der Waals surface area contributed by atoms with Crippen LogP contribution in [-0.4, -0.2) is 0 Å². The molecule has 2 aromatic carbocycles. The van der Waals surface area contributed by atoms with Gasteiger partial charge in [0.05, 0.1) is 5.69 Å². The van der Waals surface area contributed by atoms with E-state index < -0.39 is 0 Å². The van der Waals surface area contributed by atoms with Crippen molar-refractivity contribution >= 4 is 49.1 Å². The van der Waals surface area contributed by atoms with Gasteiger partial charge in [0.1, 0.15) is 0 Å². The Morgan fingerprint density at radius 1 is 1.11 bits per heavy atom. The van der Waals surface area contributed by atoms with Gasteiger partial charge in [-0.25, -0.2) is 0 Å². The Balaban J connectivity index is 2.16. The van der Waals surface area contributed by atoms with Gasteiger partial charge < -0.3 is 5.32 Å². The predicted octanol–water partition coefficient (Wildman–Crippen LogP) is 5.79. The van der Waals surface area contributed by atoms with Crippen LogP contribution in [-0.2, 0) is 6.54 Å². The Hall–Kier alpha value is -0.510. The lowest BCUT2D eigenvalue weighted by molar-refractivity contribution is 1.13. The van der Waals surface area contributed by atoms with E-state index in [2.05, 4.69) is 68.4 Å². The average Bonchev–Trinajstić information content (AvgIpc) is 2.27. The first-order valence-corrected chi connectivity index (χ1v) is 7.46. The molecule has 0 atom stereocenters. The minimum absolute atomic E-state index is 0.704. The van der Waals surface area contributed by atoms with Gasteiger partial charge in [-0.3, -0.25) is 0 Å². The minimum atomic E-state index is 0.704. The lowest BCUT2D eigenvalue weighted by Crippen LogP contribution is -2.01. The van der Waals surface area contributed by atoms with E-state index in [0.717, 1.165) is 21.2 Å². The molecule has 0 aliphatic heterocycles. The third kappa shape index (κ3) is 3.50. The van der Waals surface area contributed by atoms with Crippen LogP contribution in [0.25, 0.3) is 0 Å². The molecule has 2 rings (SSSR count). The van der Waals surface area contributed by atoms with Gasteiger partial charge in [0.2, 0.25) is 0 Å². The molecular weight excluding hydrogens is 377 g/mol. The highest BCUT2D eigenvalue weighted by Gasteiger charge is 2.06. The summed E-state index contributed by atoms with van der Waals surface area (Å²) in [7, 11) is 0. The largest absolute Gasteiger partial charge is 0.379 e. The van der Waals surface area contributed by atoms with E-state index in [1.807, 2.05) is 12.1 Å². The molecular formula is C14H12Br2ClN. The Kier molecular flexibility index (Phi) is 4.71. The van der Waals surface area contributed by atoms with Crippen molar-refractivity contribution in [1.29, 1.82) is 0 Å². The Labute approximate surface area is 129 Å². The highest BCUT2D eigenvalue weighted by atomic mass is 79.9. The first-order valence-electron chi connectivity index (χ1n) is 5.50. The number of nitrogens with one attached hydrogen (secondary N) is 1. The molecule has 0 heterocycles. The summed E-state index contributed by atoms with van der Waals surface area (Å²) in [6.07, 6.45) is 0. The second-order valence-electron chi connectivity index (χ2n) is 4.09. The number of benzene rings is 2. The molecule has 0 saturated heterocycles. The van der Waals surface area contributed by atoms with Crippen molar-refractivity contribution in [2.24, 2.45) is 0 Å². The predicted molar refractivity (Wildman–Crippen MR) is 85.4 cm³/mol. The fourth-order valence-corrected chi connectivity index (χ4v) is 3.67. The molecule has 2 aromatic rings. The average molecular weight is 390 g/mol. The molecule has 0 radical (unpaired) electrons. The van der Waals surface area contributed by atoms with Crippen LogP contribution in [0, 0.1) is 6.92 Å². The SMILES string of the molecule is Cc1cccc(CNc2c(Br)cc(Cl)cc2Br)c1. The van der Waals surface area contributed by atoms with E-state index in [1.54, 1.807) is 0 Å². The summed E-state index contributed by atoms with van der Waals surface area (Å²) >= 11 is 13.0. The Bertz CT molecular complexity index is 546. The van der Waals surface area contributed by atoms with Gasteiger partial charge in [0.25, 0.3) is 0 Å². The van der Waals surface area contributed by atoms with Crippen LogP contribution in [0.15, 0.2) is 45.3 Å². The van der Waals surface area contributed by atoms with E-state index in [9.17, 15) is 0 Å². The van der Waals surface area contributed by atoms with Crippen LogP contribution in [0.3, 0.4) is 0 Å². The van der Waals surface area contributed by atoms with E-state index in [4.69, 9.17) is 11.6 Å². The number of rotatable bonds is 3. The quantitative estimate of drug-likeness (QED) is 0.701. The normalized spacial score (nSPS) is 10.4. The van der Waals surface area contributed by atoms with Crippen LogP contribution in [0.5, 0.6) is 0 Å². The minimum Gasteiger partial charge on any atom is -0.379 e. The van der Waals surface area contributed by atoms with Gasteiger partial charge in [0.15, 0.2) is 0 Å². The first kappa shape index (κ1) is 13.9. The van der Waals surface area contributed by atoms with Crippen molar-refractivity contribution in [3.8, 4) is 0 Å². The van der Waals surface area contributed by atoms with Crippen molar-refractivity contribution < 1.29 is 0 Å². The molecule has 4 heteroatoms. The molecule has 0 fully saturated rings. The fourth-order valence-electron chi connectivity index (χ4n) is 1.72. The summed E-state index contributed by atoms with van der Waals surface area (Å²) in [5.74, 6) is 0. The van der Waals surface area contributed by atoms with E-state index in [1.165, 1.54) is 11.1 Å². The van der Waals surface area contributed by atoms with Gasteiger partial charge >= 0.3 is 0 Å². The third-order valence-electron chi connectivity index (χ3n) is 2.56. The molecule has 0 aromatic heterocycles. The molecule has 18 heavy (non-hydrogen) atoms. The standard InChI is InChI=1S/C14H12Br2ClN/c1-9-3-2-4-10(5-9)8-18-14-12(15)6-11(17)7-13(14)16/h2-7,18H,8H2,1H3. The summed E-state index contributed by atoms with van der Waals surface area (Å²) in [5.41, 5.74) is 3.54. The number of hydrogen-bond donors (Lipinski definition) is 1. The molecule has 0 aliphatic rings. The zero-order chi connectivity index (χ0) is 13.1. The van der Waals surface area contributed by atoms with E-state index in [-0.39, 0.29) is 0 Å². The third-order valence-corrected chi connectivity index (χ3v) is 4.03. The summed E-state index contributed by atoms with van der Waals surface area (Å²) in [6.45, 7) is 2.87. The van der Waals surface area contributed by atoms with Crippen molar-refractivity contribution in [2.75, 3.05) is 5.32 Å². The number of halogens is 3. The Morgan fingerprint density at radius 2 is 1.78 bits per heavy atom. The van der Waals surface area contributed by atoms with Gasteiger partial charge in [0, 0.05) is 20.5 Å². The van der Waals surface area contributed by atoms with Crippen molar-refractivity contribution in [2.45, 2.75) is 13.5 Å². The van der Waals surface area contributed by atoms with Crippen molar-refractivity contribution in [3.05, 3.63) is 61.5 Å². The highest BCUT2D eigenvalue weighted by Crippen LogP contribution is 2.34. The van der Waals surface area contributed by atoms with E-state index >= 15 is 0 Å². The molecule has 0 unspecified atom stereocenters. The van der Waals surface area contributed by atoms with Crippen LogP contribution in [0.2, 0.25) is 5.02 Å². The topological polar surface area (TPSA) is 12.0 Å². The van der Waals surface area contributed by atoms with Crippen LogP contribution in [0.4, 0.5) is 5.69 Å². The smallest absolute Gasteiger partial charge is 0.0632 e. The van der Waals surface area contributed by atoms with Crippen LogP contribution in [0.1, 0.15) is 11.1 Å². The van der Waals surface area contributed by atoms with Gasteiger partial charge in [-0.15, -0.1) is 0 Å². The summed E-state index contributed by atoms with van der Waals surface area (Å²) < 4.78 is 1.91. The summed E-state index contributed by atoms with van der Waals surface area (Å²) in [4.78, 5) is 0. The monoisotopic (exact) mass is 387 g/mol. The van der Waals surface area contributed by atoms with Crippen molar-refractivity contribution in [1.82, 2.24) is 0 Å². The summed E-state index contributed by atoms with van der Waals surface area (Å²) in [5, 5.41) is 4.10. The van der Waals surface area contributed by atoms with E-state index in [0.29, 0.717) is 5.02 Å². The second kappa shape index (κ2) is 6.09. The Morgan fingerprint density at radius 3 is 2.39 bits per heavy atom. The lowest BCUT2D eigenvalue weighted by atomic mass is 10.1. The molecule has 94 valence electrons. The van der Waals surface area contributed by atoms with Crippen molar-refractivity contribution in [3.63, 3.8) is 0 Å². The molecule has 1 N–H and O–H groups in total. The molecule has 0 aliphatic carbocycles.